The minimum atomic E-state index is -0.122. The maximum Gasteiger partial charge on any atom is 0.199 e. The zero-order valence-corrected chi connectivity index (χ0v) is 7.65. The van der Waals surface area contributed by atoms with E-state index >= 15 is 0 Å². The van der Waals surface area contributed by atoms with E-state index < -0.39 is 0 Å². The van der Waals surface area contributed by atoms with Gasteiger partial charge < -0.3 is 19.3 Å². The molecule has 0 aliphatic carbocycles. The van der Waals surface area contributed by atoms with Crippen molar-refractivity contribution in [2.75, 3.05) is 26.4 Å². The molecular weight excluding hydrogens is 172 g/mol. The molecule has 0 fully saturated rings. The third kappa shape index (κ3) is 4.87. The Bertz CT molecular complexity index is 147. The highest BCUT2D eigenvalue weighted by Gasteiger charge is 2.09. The highest BCUT2D eigenvalue weighted by Crippen LogP contribution is 2.10. The maximum atomic E-state index is 8.41. The lowest BCUT2D eigenvalue weighted by Gasteiger charge is -2.19. The summed E-state index contributed by atoms with van der Waals surface area (Å²) in [4.78, 5) is 0. The largest absolute Gasteiger partial charge is 0.473 e. The fraction of sp³-hybridized carbons (Fsp3) is 0.778. The summed E-state index contributed by atoms with van der Waals surface area (Å²) in [6, 6.07) is 0. The lowest BCUT2D eigenvalue weighted by molar-refractivity contribution is -0.126. The van der Waals surface area contributed by atoms with Crippen molar-refractivity contribution in [2.45, 2.75) is 19.1 Å². The van der Waals surface area contributed by atoms with E-state index in [-0.39, 0.29) is 12.9 Å². The molecule has 0 spiro atoms. The summed E-state index contributed by atoms with van der Waals surface area (Å²) in [6.07, 6.45) is 5.42. The van der Waals surface area contributed by atoms with E-state index in [0.717, 1.165) is 12.8 Å². The molecule has 4 nitrogen and oxygen atoms in total. The molecule has 1 heterocycles. The van der Waals surface area contributed by atoms with Gasteiger partial charge >= 0.3 is 0 Å². The van der Waals surface area contributed by atoms with E-state index in [1.54, 1.807) is 6.26 Å². The van der Waals surface area contributed by atoms with Crippen molar-refractivity contribution < 1.29 is 19.3 Å². The van der Waals surface area contributed by atoms with Gasteiger partial charge in [0.2, 0.25) is 0 Å². The SMILES string of the molecule is OCCOCCOC1CCC=CO1. The van der Waals surface area contributed by atoms with Crippen LogP contribution in [0.15, 0.2) is 12.3 Å². The molecule has 0 aromatic heterocycles. The van der Waals surface area contributed by atoms with Crippen molar-refractivity contribution in [3.63, 3.8) is 0 Å². The zero-order valence-electron chi connectivity index (χ0n) is 7.65. The third-order valence-corrected chi connectivity index (χ3v) is 1.66. The summed E-state index contributed by atoms with van der Waals surface area (Å²) >= 11 is 0. The van der Waals surface area contributed by atoms with E-state index in [4.69, 9.17) is 19.3 Å². The number of aliphatic hydroxyl groups excluding tert-OH is 1. The summed E-state index contributed by atoms with van der Waals surface area (Å²) in [5, 5.41) is 8.41. The smallest absolute Gasteiger partial charge is 0.199 e. The van der Waals surface area contributed by atoms with Crippen molar-refractivity contribution in [3.05, 3.63) is 12.3 Å². The highest BCUT2D eigenvalue weighted by molar-refractivity contribution is 4.78. The number of allylic oxidation sites excluding steroid dienone is 1. The van der Waals surface area contributed by atoms with E-state index in [2.05, 4.69) is 0 Å². The normalized spacial score (nSPS) is 21.5. The Morgan fingerprint density at radius 3 is 3.00 bits per heavy atom. The van der Waals surface area contributed by atoms with Gasteiger partial charge in [-0.15, -0.1) is 0 Å². The Morgan fingerprint density at radius 1 is 1.38 bits per heavy atom. The van der Waals surface area contributed by atoms with Crippen molar-refractivity contribution in [1.29, 1.82) is 0 Å². The first kappa shape index (κ1) is 10.5. The van der Waals surface area contributed by atoms with E-state index in [1.165, 1.54) is 0 Å². The Balaban J connectivity index is 1.90. The van der Waals surface area contributed by atoms with Crippen LogP contribution in [-0.4, -0.2) is 37.8 Å². The Morgan fingerprint density at radius 2 is 2.31 bits per heavy atom. The first-order chi connectivity index (χ1) is 6.43. The van der Waals surface area contributed by atoms with Gasteiger partial charge in [-0.1, -0.05) is 0 Å². The molecule has 0 saturated carbocycles. The monoisotopic (exact) mass is 188 g/mol. The molecule has 1 aliphatic heterocycles. The van der Waals surface area contributed by atoms with Crippen LogP contribution in [0.1, 0.15) is 12.8 Å². The predicted molar refractivity (Wildman–Crippen MR) is 47.1 cm³/mol. The van der Waals surface area contributed by atoms with Crippen molar-refractivity contribution >= 4 is 0 Å². The van der Waals surface area contributed by atoms with Crippen LogP contribution < -0.4 is 0 Å². The fourth-order valence-corrected chi connectivity index (χ4v) is 1.04. The molecule has 1 atom stereocenters. The summed E-state index contributed by atoms with van der Waals surface area (Å²) in [6.45, 7) is 1.44. The molecule has 13 heavy (non-hydrogen) atoms. The second-order valence-corrected chi connectivity index (χ2v) is 2.72. The molecule has 1 rings (SSSR count). The van der Waals surface area contributed by atoms with Crippen molar-refractivity contribution in [3.8, 4) is 0 Å². The zero-order chi connectivity index (χ0) is 9.36. The summed E-state index contributed by atoms with van der Waals surface area (Å²) < 4.78 is 15.6. The number of aliphatic hydroxyl groups is 1. The lowest BCUT2D eigenvalue weighted by atomic mass is 10.3. The average molecular weight is 188 g/mol. The molecule has 1 aliphatic rings. The highest BCUT2D eigenvalue weighted by atomic mass is 16.7. The topological polar surface area (TPSA) is 47.9 Å². The van der Waals surface area contributed by atoms with Gasteiger partial charge in [-0.2, -0.15) is 0 Å². The van der Waals surface area contributed by atoms with E-state index in [0.29, 0.717) is 19.8 Å². The van der Waals surface area contributed by atoms with Crippen LogP contribution >= 0.6 is 0 Å². The van der Waals surface area contributed by atoms with Crippen molar-refractivity contribution in [1.82, 2.24) is 0 Å². The lowest BCUT2D eigenvalue weighted by Crippen LogP contribution is -2.19. The standard InChI is InChI=1S/C9H16O4/c10-4-6-11-7-8-13-9-3-1-2-5-12-9/h2,5,9-10H,1,3-4,6-8H2. The van der Waals surface area contributed by atoms with Gasteiger partial charge in [0.25, 0.3) is 0 Å². The van der Waals surface area contributed by atoms with Crippen LogP contribution in [0.25, 0.3) is 0 Å². The number of ether oxygens (including phenoxy) is 3. The minimum Gasteiger partial charge on any atom is -0.473 e. The molecule has 0 radical (unpaired) electrons. The molecule has 0 aromatic carbocycles. The molecule has 0 aromatic rings. The van der Waals surface area contributed by atoms with Crippen LogP contribution in [0.4, 0.5) is 0 Å². The quantitative estimate of drug-likeness (QED) is 0.622. The Kier molecular flexibility index (Phi) is 5.56. The van der Waals surface area contributed by atoms with Gasteiger partial charge in [0.05, 0.1) is 32.7 Å². The molecule has 0 bridgehead atoms. The molecule has 4 heteroatoms. The summed E-state index contributed by atoms with van der Waals surface area (Å²) in [5.41, 5.74) is 0. The van der Waals surface area contributed by atoms with Gasteiger partial charge in [-0.25, -0.2) is 0 Å². The maximum absolute atomic E-state index is 8.41. The van der Waals surface area contributed by atoms with Crippen LogP contribution in [0, 0.1) is 0 Å². The van der Waals surface area contributed by atoms with Gasteiger partial charge in [0, 0.05) is 6.42 Å². The first-order valence-corrected chi connectivity index (χ1v) is 4.54. The minimum absolute atomic E-state index is 0.0582. The molecular formula is C9H16O4. The number of rotatable bonds is 6. The van der Waals surface area contributed by atoms with Gasteiger partial charge in [-0.3, -0.25) is 0 Å². The van der Waals surface area contributed by atoms with Gasteiger partial charge in [0.1, 0.15) is 0 Å². The molecule has 0 amide bonds. The molecule has 0 saturated heterocycles. The number of hydrogen-bond acceptors (Lipinski definition) is 4. The predicted octanol–water partition coefficient (Wildman–Crippen LogP) is 0.662. The van der Waals surface area contributed by atoms with Crippen LogP contribution in [0.3, 0.4) is 0 Å². The summed E-state index contributed by atoms with van der Waals surface area (Å²) in [5.74, 6) is 0. The van der Waals surface area contributed by atoms with Crippen LogP contribution in [-0.2, 0) is 14.2 Å². The molecule has 76 valence electrons. The second-order valence-electron chi connectivity index (χ2n) is 2.72. The van der Waals surface area contributed by atoms with Crippen LogP contribution in [0.2, 0.25) is 0 Å². The number of hydrogen-bond donors (Lipinski definition) is 1. The average Bonchev–Trinajstić information content (AvgIpc) is 2.19. The Hall–Kier alpha value is -0.580. The van der Waals surface area contributed by atoms with Crippen molar-refractivity contribution in [2.24, 2.45) is 0 Å². The molecule has 1 N–H and O–H groups in total. The summed E-state index contributed by atoms with van der Waals surface area (Å²) in [7, 11) is 0. The first-order valence-electron chi connectivity index (χ1n) is 4.54. The van der Waals surface area contributed by atoms with E-state index in [1.807, 2.05) is 6.08 Å². The van der Waals surface area contributed by atoms with E-state index in [9.17, 15) is 0 Å². The Labute approximate surface area is 78.1 Å². The fourth-order valence-electron chi connectivity index (χ4n) is 1.04. The van der Waals surface area contributed by atoms with Gasteiger partial charge in [-0.05, 0) is 12.5 Å². The van der Waals surface area contributed by atoms with Crippen LogP contribution in [0.5, 0.6) is 0 Å². The second kappa shape index (κ2) is 6.88. The molecule has 1 unspecified atom stereocenters. The van der Waals surface area contributed by atoms with Gasteiger partial charge in [0.15, 0.2) is 6.29 Å². The third-order valence-electron chi connectivity index (χ3n) is 1.66.